The minimum Gasteiger partial charge on any atom is -0.473 e. The molecule has 1 aliphatic heterocycles. The molecule has 0 radical (unpaired) electrons. The minimum atomic E-state index is -4.64. The van der Waals surface area contributed by atoms with Crippen LogP contribution in [0.4, 0.5) is 17.6 Å². The maximum Gasteiger partial charge on any atom is 0.421 e. The van der Waals surface area contributed by atoms with Crippen molar-refractivity contribution in [2.45, 2.75) is 32.0 Å². The zero-order valence-corrected chi connectivity index (χ0v) is 14.7. The standard InChI is InChI=1S/C19H19F4N3O/c1-10-2-3-13(20)6-15(10)17-7-16(19(21,22)23)18(26-25-17)27-14-4-11-8-24-9-12(11)5-14/h2-3,6-7,11-12,14,24H,4-5,8-9H2,1H3/t11-,12-/m1/s1. The van der Waals surface area contributed by atoms with Gasteiger partial charge in [0.2, 0.25) is 5.88 Å². The van der Waals surface area contributed by atoms with Gasteiger partial charge in [0.05, 0.1) is 5.69 Å². The van der Waals surface area contributed by atoms with Crippen molar-refractivity contribution in [3.63, 3.8) is 0 Å². The number of aryl methyl sites for hydroxylation is 1. The zero-order chi connectivity index (χ0) is 19.2. The molecule has 2 atom stereocenters. The molecule has 4 nitrogen and oxygen atoms in total. The molecule has 2 fully saturated rings. The van der Waals surface area contributed by atoms with Gasteiger partial charge < -0.3 is 10.1 Å². The second-order valence-electron chi connectivity index (χ2n) is 7.30. The van der Waals surface area contributed by atoms with Crippen molar-refractivity contribution >= 4 is 0 Å². The molecule has 1 saturated heterocycles. The monoisotopic (exact) mass is 381 g/mol. The smallest absolute Gasteiger partial charge is 0.421 e. The Bertz CT molecular complexity index is 843. The third-order valence-corrected chi connectivity index (χ3v) is 5.43. The van der Waals surface area contributed by atoms with E-state index < -0.39 is 23.4 Å². The van der Waals surface area contributed by atoms with Gasteiger partial charge in [0.15, 0.2) is 0 Å². The first kappa shape index (κ1) is 18.2. The molecule has 0 unspecified atom stereocenters. The number of alkyl halides is 3. The molecular weight excluding hydrogens is 362 g/mol. The highest BCUT2D eigenvalue weighted by Gasteiger charge is 2.41. The van der Waals surface area contributed by atoms with Crippen LogP contribution in [0.2, 0.25) is 0 Å². The number of hydrogen-bond acceptors (Lipinski definition) is 4. The molecule has 1 aromatic carbocycles. The number of halogens is 4. The number of aromatic nitrogens is 2. The van der Waals surface area contributed by atoms with Crippen LogP contribution < -0.4 is 10.1 Å². The molecule has 0 bridgehead atoms. The van der Waals surface area contributed by atoms with Gasteiger partial charge >= 0.3 is 6.18 Å². The highest BCUT2D eigenvalue weighted by atomic mass is 19.4. The summed E-state index contributed by atoms with van der Waals surface area (Å²) in [6, 6.07) is 4.79. The Balaban J connectivity index is 1.65. The van der Waals surface area contributed by atoms with Gasteiger partial charge in [-0.1, -0.05) is 6.07 Å². The predicted octanol–water partition coefficient (Wildman–Crippen LogP) is 3.99. The van der Waals surface area contributed by atoms with Crippen molar-refractivity contribution in [1.29, 1.82) is 0 Å². The molecule has 2 aromatic rings. The molecule has 144 valence electrons. The molecule has 2 heterocycles. The third-order valence-electron chi connectivity index (χ3n) is 5.43. The van der Waals surface area contributed by atoms with Gasteiger partial charge in [-0.2, -0.15) is 13.2 Å². The van der Waals surface area contributed by atoms with Crippen LogP contribution in [0.15, 0.2) is 24.3 Å². The van der Waals surface area contributed by atoms with Crippen LogP contribution in [-0.2, 0) is 6.18 Å². The number of benzene rings is 1. The first-order valence-electron chi connectivity index (χ1n) is 8.90. The maximum atomic E-state index is 13.6. The number of ether oxygens (including phenoxy) is 1. The van der Waals surface area contributed by atoms with Crippen molar-refractivity contribution in [3.8, 4) is 17.1 Å². The maximum absolute atomic E-state index is 13.6. The van der Waals surface area contributed by atoms with E-state index in [1.54, 1.807) is 6.92 Å². The van der Waals surface area contributed by atoms with E-state index in [0.717, 1.165) is 25.2 Å². The lowest BCUT2D eigenvalue weighted by molar-refractivity contribution is -0.139. The van der Waals surface area contributed by atoms with E-state index in [2.05, 4.69) is 15.5 Å². The topological polar surface area (TPSA) is 47.0 Å². The van der Waals surface area contributed by atoms with Crippen molar-refractivity contribution in [3.05, 3.63) is 41.2 Å². The zero-order valence-electron chi connectivity index (χ0n) is 14.7. The summed E-state index contributed by atoms with van der Waals surface area (Å²) < 4.78 is 59.9. The molecule has 4 rings (SSSR count). The van der Waals surface area contributed by atoms with Gasteiger partial charge in [0.25, 0.3) is 0 Å². The number of nitrogens with one attached hydrogen (secondary N) is 1. The van der Waals surface area contributed by atoms with E-state index in [4.69, 9.17) is 4.74 Å². The molecule has 0 amide bonds. The van der Waals surface area contributed by atoms with Gasteiger partial charge in [-0.05, 0) is 68.5 Å². The van der Waals surface area contributed by atoms with E-state index in [-0.39, 0.29) is 17.4 Å². The van der Waals surface area contributed by atoms with Gasteiger partial charge in [-0.3, -0.25) is 0 Å². The number of nitrogens with zero attached hydrogens (tertiary/aromatic N) is 2. The van der Waals surface area contributed by atoms with E-state index in [9.17, 15) is 17.6 Å². The molecule has 1 aliphatic carbocycles. The summed E-state index contributed by atoms with van der Waals surface area (Å²) in [7, 11) is 0. The van der Waals surface area contributed by atoms with Gasteiger partial charge in [-0.25, -0.2) is 4.39 Å². The Morgan fingerprint density at radius 2 is 1.78 bits per heavy atom. The normalized spacial score (nSPS) is 22.9. The van der Waals surface area contributed by atoms with Crippen molar-refractivity contribution < 1.29 is 22.3 Å². The molecule has 0 spiro atoms. The first-order valence-corrected chi connectivity index (χ1v) is 8.90. The average Bonchev–Trinajstić information content (AvgIpc) is 3.18. The van der Waals surface area contributed by atoms with Crippen LogP contribution in [-0.4, -0.2) is 29.4 Å². The number of fused-ring (bicyclic) bond motifs is 1. The van der Waals surface area contributed by atoms with Crippen LogP contribution in [0.1, 0.15) is 24.0 Å². The summed E-state index contributed by atoms with van der Waals surface area (Å²) in [5.41, 5.74) is -0.116. The molecule has 1 saturated carbocycles. The second kappa shape index (κ2) is 6.74. The lowest BCUT2D eigenvalue weighted by Crippen LogP contribution is -2.21. The highest BCUT2D eigenvalue weighted by Crippen LogP contribution is 2.41. The van der Waals surface area contributed by atoms with Gasteiger partial charge in [0.1, 0.15) is 17.5 Å². The van der Waals surface area contributed by atoms with E-state index in [1.165, 1.54) is 12.1 Å². The SMILES string of the molecule is Cc1ccc(F)cc1-c1cc(C(F)(F)F)c(OC2C[C@@H]3CNC[C@H]3C2)nn1. The van der Waals surface area contributed by atoms with Crippen LogP contribution >= 0.6 is 0 Å². The van der Waals surface area contributed by atoms with E-state index in [0.29, 0.717) is 30.2 Å². The molecular formula is C19H19F4N3O. The predicted molar refractivity (Wildman–Crippen MR) is 90.7 cm³/mol. The lowest BCUT2D eigenvalue weighted by Gasteiger charge is -2.18. The van der Waals surface area contributed by atoms with Crippen LogP contribution in [0.25, 0.3) is 11.3 Å². The van der Waals surface area contributed by atoms with E-state index >= 15 is 0 Å². The van der Waals surface area contributed by atoms with Crippen molar-refractivity contribution in [2.24, 2.45) is 11.8 Å². The largest absolute Gasteiger partial charge is 0.473 e. The summed E-state index contributed by atoms with van der Waals surface area (Å²) in [5, 5.41) is 10.9. The Hall–Kier alpha value is -2.22. The van der Waals surface area contributed by atoms with Crippen LogP contribution in [0, 0.1) is 24.6 Å². The molecule has 1 N–H and O–H groups in total. The van der Waals surface area contributed by atoms with Crippen LogP contribution in [0.5, 0.6) is 5.88 Å². The molecule has 27 heavy (non-hydrogen) atoms. The van der Waals surface area contributed by atoms with Gasteiger partial charge in [0, 0.05) is 5.56 Å². The Labute approximate surface area is 153 Å². The quantitative estimate of drug-likeness (QED) is 0.817. The van der Waals surface area contributed by atoms with Crippen molar-refractivity contribution in [1.82, 2.24) is 15.5 Å². The minimum absolute atomic E-state index is 0.0285. The fourth-order valence-electron chi connectivity index (χ4n) is 4.04. The third kappa shape index (κ3) is 3.63. The Morgan fingerprint density at radius 1 is 1.07 bits per heavy atom. The first-order chi connectivity index (χ1) is 12.8. The Morgan fingerprint density at radius 3 is 2.44 bits per heavy atom. The summed E-state index contributed by atoms with van der Waals surface area (Å²) in [6.07, 6.45) is -3.51. The molecule has 1 aromatic heterocycles. The van der Waals surface area contributed by atoms with Crippen molar-refractivity contribution in [2.75, 3.05) is 13.1 Å². The Kier molecular flexibility index (Phi) is 4.53. The second-order valence-corrected chi connectivity index (χ2v) is 7.30. The van der Waals surface area contributed by atoms with Gasteiger partial charge in [-0.15, -0.1) is 10.2 Å². The average molecular weight is 381 g/mol. The fraction of sp³-hybridized carbons (Fsp3) is 0.474. The number of rotatable bonds is 3. The van der Waals surface area contributed by atoms with E-state index in [1.807, 2.05) is 0 Å². The summed E-state index contributed by atoms with van der Waals surface area (Å²) in [4.78, 5) is 0. The molecule has 2 aliphatic rings. The lowest BCUT2D eigenvalue weighted by atomic mass is 10.0. The summed E-state index contributed by atoms with van der Waals surface area (Å²) in [5.74, 6) is -0.173. The fourth-order valence-corrected chi connectivity index (χ4v) is 4.04. The highest BCUT2D eigenvalue weighted by molar-refractivity contribution is 5.64. The summed E-state index contributed by atoms with van der Waals surface area (Å²) in [6.45, 7) is 3.43. The number of hydrogen-bond donors (Lipinski definition) is 1. The molecule has 8 heteroatoms. The summed E-state index contributed by atoms with van der Waals surface area (Å²) >= 11 is 0. The van der Waals surface area contributed by atoms with Crippen LogP contribution in [0.3, 0.4) is 0 Å².